The van der Waals surface area contributed by atoms with Crippen LogP contribution in [0, 0.1) is 0 Å². The van der Waals surface area contributed by atoms with E-state index in [1.165, 1.54) is 74.5 Å². The van der Waals surface area contributed by atoms with Gasteiger partial charge in [0.2, 0.25) is 0 Å². The fourth-order valence-corrected chi connectivity index (χ4v) is 2.41. The minimum atomic E-state index is -0.667. The van der Waals surface area contributed by atoms with E-state index >= 15 is 0 Å². The van der Waals surface area contributed by atoms with Gasteiger partial charge in [-0.2, -0.15) is 0 Å². The highest BCUT2D eigenvalue weighted by atomic mass is 16.6. The van der Waals surface area contributed by atoms with E-state index in [2.05, 4.69) is 13.2 Å². The highest BCUT2D eigenvalue weighted by Gasteiger charge is 2.14. The highest BCUT2D eigenvalue weighted by molar-refractivity contribution is 6.07. The van der Waals surface area contributed by atoms with Crippen molar-refractivity contribution >= 4 is 29.8 Å². The Morgan fingerprint density at radius 2 is 1.38 bits per heavy atom. The number of hydrogen-bond donors (Lipinski definition) is 0. The first kappa shape index (κ1) is 25.7. The molecule has 0 unspecified atom stereocenters. The average Bonchev–Trinajstić information content (AvgIpc) is 2.79. The molecule has 0 bridgehead atoms. The Balaban J connectivity index is 2.21. The van der Waals surface area contributed by atoms with Gasteiger partial charge >= 0.3 is 17.9 Å². The molecule has 2 aromatic carbocycles. The second kappa shape index (κ2) is 11.9. The van der Waals surface area contributed by atoms with Gasteiger partial charge in [0, 0.05) is 22.8 Å². The monoisotopic (exact) mass is 460 g/mol. The zero-order valence-corrected chi connectivity index (χ0v) is 19.1. The third kappa shape index (κ3) is 7.56. The molecule has 0 aliphatic rings. The van der Waals surface area contributed by atoms with Crippen molar-refractivity contribution in [1.29, 1.82) is 0 Å². The van der Waals surface area contributed by atoms with Crippen LogP contribution in [-0.2, 0) is 14.4 Å². The quantitative estimate of drug-likeness (QED) is 0.224. The van der Waals surface area contributed by atoms with Crippen LogP contribution in [0.25, 0.3) is 6.08 Å². The largest absolute Gasteiger partial charge is 0.423 e. The van der Waals surface area contributed by atoms with Crippen molar-refractivity contribution in [2.75, 3.05) is 0 Å². The Hall–Kier alpha value is -4.52. The molecule has 0 saturated heterocycles. The number of carbonyl (C=O) groups is 4. The molecule has 0 saturated carbocycles. The molecule has 7 nitrogen and oxygen atoms in total. The third-order valence-electron chi connectivity index (χ3n) is 4.16. The van der Waals surface area contributed by atoms with Crippen molar-refractivity contribution in [2.24, 2.45) is 0 Å². The molecule has 0 fully saturated rings. The van der Waals surface area contributed by atoms with Crippen molar-refractivity contribution in [3.05, 3.63) is 96.1 Å². The molecule has 0 amide bonds. The molecule has 0 aliphatic heterocycles. The lowest BCUT2D eigenvalue weighted by Crippen LogP contribution is -2.11. The van der Waals surface area contributed by atoms with Gasteiger partial charge in [0.15, 0.2) is 17.3 Å². The number of ether oxygens (including phenoxy) is 3. The summed E-state index contributed by atoms with van der Waals surface area (Å²) >= 11 is 0. The molecule has 0 radical (unpaired) electrons. The van der Waals surface area contributed by atoms with Crippen LogP contribution >= 0.6 is 0 Å². The molecular formula is C27H24O7. The molecule has 0 aliphatic carbocycles. The number of allylic oxidation sites excluding steroid dienone is 2. The summed E-state index contributed by atoms with van der Waals surface area (Å²) in [6, 6.07) is 10.6. The maximum atomic E-state index is 12.5. The minimum Gasteiger partial charge on any atom is -0.423 e. The molecule has 0 aromatic heterocycles. The van der Waals surface area contributed by atoms with Crippen LogP contribution < -0.4 is 14.2 Å². The van der Waals surface area contributed by atoms with Crippen molar-refractivity contribution in [1.82, 2.24) is 0 Å². The van der Waals surface area contributed by atoms with Gasteiger partial charge in [-0.25, -0.2) is 14.4 Å². The van der Waals surface area contributed by atoms with Gasteiger partial charge in [-0.15, -0.1) is 0 Å². The fraction of sp³-hybridized carbons (Fsp3) is 0.111. The van der Waals surface area contributed by atoms with Crippen molar-refractivity contribution in [2.45, 2.75) is 20.8 Å². The normalized spacial score (nSPS) is 10.7. The molecule has 0 heterocycles. The van der Waals surface area contributed by atoms with Crippen LogP contribution in [0.15, 0.2) is 85.0 Å². The van der Waals surface area contributed by atoms with Crippen LogP contribution in [0.3, 0.4) is 0 Å². The summed E-state index contributed by atoms with van der Waals surface area (Å²) in [6.45, 7) is 11.7. The topological polar surface area (TPSA) is 96.0 Å². The van der Waals surface area contributed by atoms with Crippen molar-refractivity contribution < 1.29 is 33.4 Å². The molecule has 34 heavy (non-hydrogen) atoms. The van der Waals surface area contributed by atoms with E-state index in [9.17, 15) is 19.2 Å². The molecule has 0 spiro atoms. The second-order valence-electron chi connectivity index (χ2n) is 7.19. The van der Waals surface area contributed by atoms with Gasteiger partial charge in [-0.05, 0) is 68.8 Å². The van der Waals surface area contributed by atoms with Crippen LogP contribution in [-0.4, -0.2) is 23.7 Å². The SMILES string of the molecule is C=C(C)C(=O)Oc1ccc(C(=O)/C=C/c2ccc(OC(=O)C(=C)C)c(OC(=O)/C=C/C)c2)cc1. The van der Waals surface area contributed by atoms with Crippen LogP contribution in [0.1, 0.15) is 36.7 Å². The smallest absolute Gasteiger partial charge is 0.338 e. The molecule has 174 valence electrons. The van der Waals surface area contributed by atoms with Gasteiger partial charge in [0.05, 0.1) is 0 Å². The summed E-state index contributed by atoms with van der Waals surface area (Å²) in [5, 5.41) is 0. The van der Waals surface area contributed by atoms with E-state index in [4.69, 9.17) is 14.2 Å². The maximum Gasteiger partial charge on any atom is 0.338 e. The predicted molar refractivity (Wildman–Crippen MR) is 128 cm³/mol. The Morgan fingerprint density at radius 1 is 0.765 bits per heavy atom. The number of hydrogen-bond acceptors (Lipinski definition) is 7. The number of carbonyl (C=O) groups excluding carboxylic acids is 4. The zero-order chi connectivity index (χ0) is 25.3. The molecule has 0 atom stereocenters. The average molecular weight is 460 g/mol. The fourth-order valence-electron chi connectivity index (χ4n) is 2.41. The molecule has 2 rings (SSSR count). The van der Waals surface area contributed by atoms with Crippen molar-refractivity contribution in [3.63, 3.8) is 0 Å². The van der Waals surface area contributed by atoms with E-state index in [0.29, 0.717) is 16.9 Å². The summed E-state index contributed by atoms with van der Waals surface area (Å²) in [6.07, 6.45) is 5.58. The third-order valence-corrected chi connectivity index (χ3v) is 4.16. The van der Waals surface area contributed by atoms with E-state index in [-0.39, 0.29) is 28.4 Å². The van der Waals surface area contributed by atoms with Gasteiger partial charge < -0.3 is 14.2 Å². The summed E-state index contributed by atoms with van der Waals surface area (Å²) in [4.78, 5) is 47.9. The highest BCUT2D eigenvalue weighted by Crippen LogP contribution is 2.30. The Bertz CT molecular complexity index is 1200. The first-order valence-electron chi connectivity index (χ1n) is 10.2. The van der Waals surface area contributed by atoms with Crippen LogP contribution in [0.2, 0.25) is 0 Å². The summed E-state index contributed by atoms with van der Waals surface area (Å²) < 4.78 is 15.6. The molecule has 7 heteroatoms. The lowest BCUT2D eigenvalue weighted by Gasteiger charge is -2.10. The van der Waals surface area contributed by atoms with E-state index < -0.39 is 17.9 Å². The molecule has 2 aromatic rings. The van der Waals surface area contributed by atoms with Gasteiger partial charge in [-0.1, -0.05) is 31.4 Å². The van der Waals surface area contributed by atoms with Crippen LogP contribution in [0.5, 0.6) is 17.2 Å². The lowest BCUT2D eigenvalue weighted by atomic mass is 10.1. The zero-order valence-electron chi connectivity index (χ0n) is 19.1. The van der Waals surface area contributed by atoms with Crippen LogP contribution in [0.4, 0.5) is 0 Å². The van der Waals surface area contributed by atoms with E-state index in [1.54, 1.807) is 13.0 Å². The number of benzene rings is 2. The summed E-state index contributed by atoms with van der Waals surface area (Å²) in [5.41, 5.74) is 1.34. The van der Waals surface area contributed by atoms with E-state index in [0.717, 1.165) is 0 Å². The minimum absolute atomic E-state index is 0.0102. The number of rotatable bonds is 9. The standard InChI is InChI=1S/C27H24O7/c1-6-7-25(29)33-24-16-19(9-15-23(24)34-27(31)18(4)5)8-14-22(28)20-10-12-21(13-11-20)32-26(30)17(2)3/h6-16H,2,4H2,1,3,5H3/b7-6+,14-8+. The summed E-state index contributed by atoms with van der Waals surface area (Å²) in [7, 11) is 0. The van der Waals surface area contributed by atoms with Crippen molar-refractivity contribution in [3.8, 4) is 17.2 Å². The Morgan fingerprint density at radius 3 is 1.97 bits per heavy atom. The Labute approximate surface area is 197 Å². The first-order valence-corrected chi connectivity index (χ1v) is 10.2. The number of esters is 3. The first-order chi connectivity index (χ1) is 16.1. The van der Waals surface area contributed by atoms with Gasteiger partial charge in [-0.3, -0.25) is 4.79 Å². The number of ketones is 1. The van der Waals surface area contributed by atoms with E-state index in [1.807, 2.05) is 0 Å². The van der Waals surface area contributed by atoms with Gasteiger partial charge in [0.25, 0.3) is 0 Å². The van der Waals surface area contributed by atoms with Gasteiger partial charge in [0.1, 0.15) is 5.75 Å². The summed E-state index contributed by atoms with van der Waals surface area (Å²) in [5.74, 6) is -1.84. The second-order valence-corrected chi connectivity index (χ2v) is 7.19. The lowest BCUT2D eigenvalue weighted by molar-refractivity contribution is -0.132. The molecule has 0 N–H and O–H groups in total. The predicted octanol–water partition coefficient (Wildman–Crippen LogP) is 5.03. The Kier molecular flexibility index (Phi) is 9.02. The maximum absolute atomic E-state index is 12.5. The molecular weight excluding hydrogens is 436 g/mol.